The van der Waals surface area contributed by atoms with Crippen molar-refractivity contribution >= 4 is 52.6 Å². The largest absolute Gasteiger partial charge is 0.488 e. The lowest BCUT2D eigenvalue weighted by molar-refractivity contribution is -0.384. The highest BCUT2D eigenvalue weighted by Crippen LogP contribution is 2.25. The molecule has 10 heteroatoms. The van der Waals surface area contributed by atoms with E-state index in [9.17, 15) is 14.9 Å². The zero-order valence-corrected chi connectivity index (χ0v) is 18.0. The molecule has 3 aromatic carbocycles. The number of nitrogens with zero attached hydrogens (tertiary/aromatic N) is 2. The van der Waals surface area contributed by atoms with Crippen molar-refractivity contribution < 1.29 is 14.5 Å². The van der Waals surface area contributed by atoms with E-state index in [0.717, 1.165) is 0 Å². The highest BCUT2D eigenvalue weighted by Gasteiger charge is 2.13. The van der Waals surface area contributed by atoms with Crippen molar-refractivity contribution in [1.29, 1.82) is 0 Å². The molecule has 0 aliphatic carbocycles. The van der Waals surface area contributed by atoms with Gasteiger partial charge in [0.15, 0.2) is 0 Å². The number of amides is 1. The van der Waals surface area contributed by atoms with Crippen LogP contribution in [-0.4, -0.2) is 17.0 Å². The molecule has 0 radical (unpaired) electrons. The first kappa shape index (κ1) is 22.6. The van der Waals surface area contributed by atoms with E-state index in [2.05, 4.69) is 10.5 Å². The van der Waals surface area contributed by atoms with Crippen LogP contribution >= 0.6 is 34.8 Å². The van der Waals surface area contributed by atoms with Gasteiger partial charge in [0.25, 0.3) is 11.6 Å². The molecule has 0 unspecified atom stereocenters. The molecule has 0 heterocycles. The third kappa shape index (κ3) is 5.95. The number of nitro groups is 1. The van der Waals surface area contributed by atoms with Crippen LogP contribution in [0.2, 0.25) is 15.1 Å². The molecule has 7 nitrogen and oxygen atoms in total. The Morgan fingerprint density at radius 1 is 1.06 bits per heavy atom. The van der Waals surface area contributed by atoms with Crippen molar-refractivity contribution in [3.63, 3.8) is 0 Å². The van der Waals surface area contributed by atoms with Crippen LogP contribution < -0.4 is 10.2 Å². The monoisotopic (exact) mass is 477 g/mol. The summed E-state index contributed by atoms with van der Waals surface area (Å²) in [7, 11) is 0. The van der Waals surface area contributed by atoms with E-state index >= 15 is 0 Å². The summed E-state index contributed by atoms with van der Waals surface area (Å²) in [5, 5.41) is 15.9. The third-order valence-corrected chi connectivity index (χ3v) is 5.02. The number of nitro benzene ring substituents is 1. The van der Waals surface area contributed by atoms with Crippen LogP contribution in [0.4, 0.5) is 5.69 Å². The maximum Gasteiger partial charge on any atom is 0.275 e. The molecule has 0 bridgehead atoms. The summed E-state index contributed by atoms with van der Waals surface area (Å²) >= 11 is 18.1. The standard InChI is InChI=1S/C21H14Cl3N3O4/c22-15-6-5-13(19(24)10-15)12-31-20-4-2-1-3-17(20)21(28)26-25-11-14-9-16(27(29)30)7-8-18(14)23/h1-11H,12H2,(H,26,28)/b25-11+. The van der Waals surface area contributed by atoms with Gasteiger partial charge in [0.1, 0.15) is 12.4 Å². The van der Waals surface area contributed by atoms with Crippen LogP contribution in [0.5, 0.6) is 5.75 Å². The quantitative estimate of drug-likeness (QED) is 0.260. The fourth-order valence-electron chi connectivity index (χ4n) is 2.54. The van der Waals surface area contributed by atoms with Gasteiger partial charge in [-0.25, -0.2) is 5.43 Å². The zero-order valence-electron chi connectivity index (χ0n) is 15.7. The average Bonchev–Trinajstić information content (AvgIpc) is 2.74. The Labute approximate surface area is 192 Å². The fourth-order valence-corrected chi connectivity index (χ4v) is 3.17. The van der Waals surface area contributed by atoms with E-state index in [4.69, 9.17) is 39.5 Å². The molecule has 158 valence electrons. The van der Waals surface area contributed by atoms with Crippen LogP contribution in [0.25, 0.3) is 0 Å². The normalized spacial score (nSPS) is 10.8. The summed E-state index contributed by atoms with van der Waals surface area (Å²) in [6.45, 7) is 0.132. The van der Waals surface area contributed by atoms with Crippen molar-refractivity contribution in [2.75, 3.05) is 0 Å². The lowest BCUT2D eigenvalue weighted by Crippen LogP contribution is -2.18. The molecule has 31 heavy (non-hydrogen) atoms. The van der Waals surface area contributed by atoms with E-state index in [1.165, 1.54) is 24.4 Å². The number of ether oxygens (including phenoxy) is 1. The van der Waals surface area contributed by atoms with Crippen molar-refractivity contribution in [1.82, 2.24) is 5.43 Å². The number of para-hydroxylation sites is 1. The van der Waals surface area contributed by atoms with Crippen LogP contribution in [0, 0.1) is 10.1 Å². The molecular formula is C21H14Cl3N3O4. The van der Waals surface area contributed by atoms with Crippen LogP contribution in [0.1, 0.15) is 21.5 Å². The minimum atomic E-state index is -0.549. The molecule has 3 rings (SSSR count). The highest BCUT2D eigenvalue weighted by atomic mass is 35.5. The predicted molar refractivity (Wildman–Crippen MR) is 120 cm³/mol. The fraction of sp³-hybridized carbons (Fsp3) is 0.0476. The lowest BCUT2D eigenvalue weighted by atomic mass is 10.2. The van der Waals surface area contributed by atoms with Gasteiger partial charge in [0.2, 0.25) is 0 Å². The Balaban J connectivity index is 1.71. The summed E-state index contributed by atoms with van der Waals surface area (Å²) < 4.78 is 5.75. The van der Waals surface area contributed by atoms with Gasteiger partial charge in [-0.05, 0) is 30.3 Å². The van der Waals surface area contributed by atoms with Crippen molar-refractivity contribution in [2.45, 2.75) is 6.61 Å². The Bertz CT molecular complexity index is 1170. The van der Waals surface area contributed by atoms with Crippen molar-refractivity contribution in [3.8, 4) is 5.75 Å². The van der Waals surface area contributed by atoms with Gasteiger partial charge in [0.05, 0.1) is 16.7 Å². The topological polar surface area (TPSA) is 93.8 Å². The van der Waals surface area contributed by atoms with Gasteiger partial charge in [-0.15, -0.1) is 0 Å². The van der Waals surface area contributed by atoms with Gasteiger partial charge >= 0.3 is 0 Å². The Kier molecular flexibility index (Phi) is 7.46. The van der Waals surface area contributed by atoms with E-state index in [-0.39, 0.29) is 28.4 Å². The minimum Gasteiger partial charge on any atom is -0.488 e. The molecule has 0 atom stereocenters. The number of rotatable bonds is 7. The Hall–Kier alpha value is -3.13. The van der Waals surface area contributed by atoms with Gasteiger partial charge in [-0.2, -0.15) is 5.10 Å². The predicted octanol–water partition coefficient (Wildman–Crippen LogP) is 5.90. The van der Waals surface area contributed by atoms with Gasteiger partial charge in [-0.3, -0.25) is 14.9 Å². The summed E-state index contributed by atoms with van der Waals surface area (Å²) in [5.41, 5.74) is 3.46. The number of carbonyl (C=O) groups is 1. The molecular weight excluding hydrogens is 465 g/mol. The highest BCUT2D eigenvalue weighted by molar-refractivity contribution is 6.35. The Morgan fingerprint density at radius 2 is 1.84 bits per heavy atom. The lowest BCUT2D eigenvalue weighted by Gasteiger charge is -2.11. The summed E-state index contributed by atoms with van der Waals surface area (Å²) in [6, 6.07) is 15.6. The van der Waals surface area contributed by atoms with E-state index in [1.807, 2.05) is 0 Å². The number of hydrogen-bond acceptors (Lipinski definition) is 5. The maximum absolute atomic E-state index is 12.5. The number of halogens is 3. The number of hydrogen-bond donors (Lipinski definition) is 1. The number of benzene rings is 3. The minimum absolute atomic E-state index is 0.132. The van der Waals surface area contributed by atoms with Crippen molar-refractivity contribution in [3.05, 3.63) is 103 Å². The number of nitrogens with one attached hydrogen (secondary N) is 1. The molecule has 0 saturated heterocycles. The van der Waals surface area contributed by atoms with Gasteiger partial charge < -0.3 is 4.74 Å². The maximum atomic E-state index is 12.5. The first-order valence-electron chi connectivity index (χ1n) is 8.78. The summed E-state index contributed by atoms with van der Waals surface area (Å²) in [6.07, 6.45) is 1.23. The third-order valence-electron chi connectivity index (χ3n) is 4.09. The second-order valence-electron chi connectivity index (χ2n) is 6.18. The summed E-state index contributed by atoms with van der Waals surface area (Å²) in [4.78, 5) is 22.9. The first-order chi connectivity index (χ1) is 14.8. The number of carbonyl (C=O) groups excluding carboxylic acids is 1. The number of non-ortho nitro benzene ring substituents is 1. The summed E-state index contributed by atoms with van der Waals surface area (Å²) in [5.74, 6) is -0.204. The average molecular weight is 479 g/mol. The van der Waals surface area contributed by atoms with E-state index in [0.29, 0.717) is 21.4 Å². The molecule has 0 fully saturated rings. The molecule has 0 saturated carbocycles. The molecule has 1 amide bonds. The molecule has 0 aromatic heterocycles. The molecule has 1 N–H and O–H groups in total. The second kappa shape index (κ2) is 10.3. The van der Waals surface area contributed by atoms with Crippen LogP contribution in [-0.2, 0) is 6.61 Å². The van der Waals surface area contributed by atoms with Crippen LogP contribution in [0.15, 0.2) is 65.8 Å². The van der Waals surface area contributed by atoms with Crippen LogP contribution in [0.3, 0.4) is 0 Å². The smallest absolute Gasteiger partial charge is 0.275 e. The molecule has 0 aliphatic heterocycles. The zero-order chi connectivity index (χ0) is 22.4. The number of hydrazone groups is 1. The molecule has 3 aromatic rings. The second-order valence-corrected chi connectivity index (χ2v) is 7.43. The Morgan fingerprint density at radius 3 is 2.58 bits per heavy atom. The van der Waals surface area contributed by atoms with Crippen molar-refractivity contribution in [2.24, 2.45) is 5.10 Å². The SMILES string of the molecule is O=C(N/N=C/c1cc([N+](=O)[O-])ccc1Cl)c1ccccc1OCc1ccc(Cl)cc1Cl. The molecule has 0 aliphatic rings. The van der Waals surface area contributed by atoms with E-state index < -0.39 is 10.8 Å². The van der Waals surface area contributed by atoms with E-state index in [1.54, 1.807) is 42.5 Å². The van der Waals surface area contributed by atoms with Gasteiger partial charge in [-0.1, -0.05) is 53.0 Å². The van der Waals surface area contributed by atoms with Gasteiger partial charge in [0, 0.05) is 38.3 Å². The first-order valence-corrected chi connectivity index (χ1v) is 9.91. The molecule has 0 spiro atoms.